The second kappa shape index (κ2) is 9.59. The first kappa shape index (κ1) is 22.3. The van der Waals surface area contributed by atoms with Gasteiger partial charge in [-0.2, -0.15) is 0 Å². The van der Waals surface area contributed by atoms with Crippen LogP contribution in [0.3, 0.4) is 0 Å². The molecule has 1 heterocycles. The van der Waals surface area contributed by atoms with E-state index in [0.29, 0.717) is 27.3 Å². The van der Waals surface area contributed by atoms with E-state index < -0.39 is 31.0 Å². The molecule has 0 aliphatic heterocycles. The molecule has 3 aromatic rings. The highest BCUT2D eigenvalue weighted by Gasteiger charge is 2.23. The molecule has 0 aliphatic rings. The molecule has 0 saturated heterocycles. The summed E-state index contributed by atoms with van der Waals surface area (Å²) in [5.74, 6) is -0.650. The molecule has 2 unspecified atom stereocenters. The normalized spacial score (nSPS) is 12.8. The van der Waals surface area contributed by atoms with Crippen LogP contribution < -0.4 is 5.32 Å². The lowest BCUT2D eigenvalue weighted by atomic mass is 10.1. The second-order valence-corrected chi connectivity index (χ2v) is 7.17. The summed E-state index contributed by atoms with van der Waals surface area (Å²) < 4.78 is 10.3. The molecular formula is C21H21ClN4O5. The summed E-state index contributed by atoms with van der Waals surface area (Å²) >= 11 is 6.15. The number of aromatic nitrogens is 3. The quantitative estimate of drug-likeness (QED) is 0.326. The fourth-order valence-electron chi connectivity index (χ4n) is 2.75. The molecule has 2 N–H and O–H groups in total. The first-order valence-corrected chi connectivity index (χ1v) is 9.72. The number of esters is 1. The van der Waals surface area contributed by atoms with Gasteiger partial charge in [0.25, 0.3) is 0 Å². The lowest BCUT2D eigenvalue weighted by Crippen LogP contribution is -2.37. The van der Waals surface area contributed by atoms with Crippen molar-refractivity contribution < 1.29 is 24.2 Å². The van der Waals surface area contributed by atoms with Gasteiger partial charge in [-0.1, -0.05) is 36.4 Å². The van der Waals surface area contributed by atoms with Crippen molar-refractivity contribution in [1.29, 1.82) is 0 Å². The maximum atomic E-state index is 12.3. The molecule has 162 valence electrons. The zero-order valence-corrected chi connectivity index (χ0v) is 17.7. The monoisotopic (exact) mass is 444 g/mol. The molecule has 3 rings (SSSR count). The van der Waals surface area contributed by atoms with E-state index in [1.165, 1.54) is 18.6 Å². The number of hydrogen-bond acceptors (Lipinski definition) is 7. The van der Waals surface area contributed by atoms with Crippen LogP contribution in [0.2, 0.25) is 5.02 Å². The van der Waals surface area contributed by atoms with Crippen LogP contribution in [0.25, 0.3) is 16.7 Å². The van der Waals surface area contributed by atoms with E-state index in [0.717, 1.165) is 0 Å². The van der Waals surface area contributed by atoms with Crippen molar-refractivity contribution in [2.45, 2.75) is 26.2 Å². The third kappa shape index (κ3) is 5.39. The fraction of sp³-hybridized carbons (Fsp3) is 0.238. The van der Waals surface area contributed by atoms with E-state index in [9.17, 15) is 14.7 Å². The van der Waals surface area contributed by atoms with Crippen LogP contribution in [-0.2, 0) is 14.3 Å². The van der Waals surface area contributed by atoms with Crippen LogP contribution in [0.15, 0.2) is 54.6 Å². The van der Waals surface area contributed by atoms with E-state index >= 15 is 0 Å². The lowest BCUT2D eigenvalue weighted by Gasteiger charge is -2.21. The number of rotatable bonds is 7. The number of benzene rings is 2. The minimum absolute atomic E-state index is 0.195. The Morgan fingerprint density at radius 1 is 1.19 bits per heavy atom. The summed E-state index contributed by atoms with van der Waals surface area (Å²) in [5, 5.41) is 21.5. The van der Waals surface area contributed by atoms with E-state index in [1.807, 2.05) is 24.3 Å². The van der Waals surface area contributed by atoms with Crippen LogP contribution in [0.1, 0.15) is 25.5 Å². The smallest absolute Gasteiger partial charge is 0.410 e. The number of aliphatic hydroxyl groups is 1. The Morgan fingerprint density at radius 2 is 1.84 bits per heavy atom. The minimum atomic E-state index is -1.05. The van der Waals surface area contributed by atoms with Crippen molar-refractivity contribution in [3.05, 3.63) is 65.2 Å². The maximum Gasteiger partial charge on any atom is 0.410 e. The van der Waals surface area contributed by atoms with Gasteiger partial charge in [-0.15, -0.1) is 15.0 Å². The van der Waals surface area contributed by atoms with Gasteiger partial charge in [0, 0.05) is 16.2 Å². The molecule has 0 spiro atoms. The Hall–Kier alpha value is -3.43. The third-order valence-electron chi connectivity index (χ3n) is 4.21. The molecular weight excluding hydrogens is 424 g/mol. The van der Waals surface area contributed by atoms with Gasteiger partial charge in [0.15, 0.2) is 12.3 Å². The number of nitrogens with zero attached hydrogens (tertiary/aromatic N) is 3. The Kier molecular flexibility index (Phi) is 6.88. The predicted molar refractivity (Wildman–Crippen MR) is 114 cm³/mol. The van der Waals surface area contributed by atoms with Crippen LogP contribution >= 0.6 is 11.6 Å². The summed E-state index contributed by atoms with van der Waals surface area (Å²) in [6.45, 7) is 5.91. The number of carbonyl (C=O) groups is 2. The van der Waals surface area contributed by atoms with E-state index in [4.69, 9.17) is 21.1 Å². The highest BCUT2D eigenvalue weighted by molar-refractivity contribution is 6.30. The molecule has 0 fully saturated rings. The number of amides is 1. The van der Waals surface area contributed by atoms with E-state index in [-0.39, 0.29) is 5.57 Å². The number of fused-ring (bicyclic) bond motifs is 1. The average molecular weight is 445 g/mol. The number of ether oxygens (including phenoxy) is 2. The summed E-state index contributed by atoms with van der Waals surface area (Å²) in [6.07, 6.45) is -2.90. The first-order chi connectivity index (χ1) is 14.8. The summed E-state index contributed by atoms with van der Waals surface area (Å²) in [4.78, 5) is 25.2. The Labute approximate surface area is 183 Å². The predicted octanol–water partition coefficient (Wildman–Crippen LogP) is 3.30. The molecule has 1 amide bonds. The molecule has 0 radical (unpaired) electrons. The van der Waals surface area contributed by atoms with E-state index in [2.05, 4.69) is 22.1 Å². The standard InChI is InChI=1S/C21H21ClN4O5/c1-12(2)20(28)30-13(3)23-21(29)31-19(11-27)15-9-8-14(22)10-18(15)26-24-16-6-4-5-7-17(16)25-26/h4-10,13,19,27H,1,11H2,2-3H3,(H,23,29). The third-order valence-corrected chi connectivity index (χ3v) is 4.45. The molecule has 9 nitrogen and oxygen atoms in total. The lowest BCUT2D eigenvalue weighted by molar-refractivity contribution is -0.144. The van der Waals surface area contributed by atoms with E-state index in [1.54, 1.807) is 18.2 Å². The molecule has 31 heavy (non-hydrogen) atoms. The van der Waals surface area contributed by atoms with Crippen molar-refractivity contribution >= 4 is 34.7 Å². The summed E-state index contributed by atoms with van der Waals surface area (Å²) in [6, 6.07) is 12.1. The van der Waals surface area contributed by atoms with Crippen molar-refractivity contribution in [2.24, 2.45) is 0 Å². The maximum absolute atomic E-state index is 12.3. The van der Waals surface area contributed by atoms with Gasteiger partial charge in [0.2, 0.25) is 0 Å². The highest BCUT2D eigenvalue weighted by Crippen LogP contribution is 2.27. The average Bonchev–Trinajstić information content (AvgIpc) is 3.16. The number of aliphatic hydroxyl groups excluding tert-OH is 1. The van der Waals surface area contributed by atoms with Crippen molar-refractivity contribution in [3.8, 4) is 5.69 Å². The molecule has 0 bridgehead atoms. The van der Waals surface area contributed by atoms with Crippen LogP contribution in [0.5, 0.6) is 0 Å². The fourth-order valence-corrected chi connectivity index (χ4v) is 2.92. The summed E-state index contributed by atoms with van der Waals surface area (Å²) in [7, 11) is 0. The Bertz CT molecular complexity index is 1100. The zero-order chi connectivity index (χ0) is 22.5. The van der Waals surface area contributed by atoms with Gasteiger partial charge in [-0.05, 0) is 38.1 Å². The molecule has 0 aliphatic carbocycles. The van der Waals surface area contributed by atoms with Gasteiger partial charge in [0.05, 0.1) is 12.3 Å². The SMILES string of the molecule is C=C(C)C(=O)OC(C)NC(=O)OC(CO)c1ccc(Cl)cc1-n1nc2ccccc2n1. The molecule has 2 atom stereocenters. The topological polar surface area (TPSA) is 116 Å². The Morgan fingerprint density at radius 3 is 2.42 bits per heavy atom. The first-order valence-electron chi connectivity index (χ1n) is 9.35. The zero-order valence-electron chi connectivity index (χ0n) is 16.9. The van der Waals surface area contributed by atoms with Crippen molar-refractivity contribution in [1.82, 2.24) is 20.3 Å². The van der Waals surface area contributed by atoms with Gasteiger partial charge in [-0.3, -0.25) is 5.32 Å². The van der Waals surface area contributed by atoms with Gasteiger partial charge >= 0.3 is 12.1 Å². The number of nitrogens with one attached hydrogen (secondary N) is 1. The summed E-state index contributed by atoms with van der Waals surface area (Å²) in [5.41, 5.74) is 2.41. The second-order valence-electron chi connectivity index (χ2n) is 6.73. The number of carbonyl (C=O) groups excluding carboxylic acids is 2. The molecule has 10 heteroatoms. The molecule has 0 saturated carbocycles. The van der Waals surface area contributed by atoms with Gasteiger partial charge < -0.3 is 14.6 Å². The highest BCUT2D eigenvalue weighted by atomic mass is 35.5. The van der Waals surface area contributed by atoms with Crippen LogP contribution in [-0.4, -0.2) is 45.0 Å². The number of hydrogen-bond donors (Lipinski definition) is 2. The van der Waals surface area contributed by atoms with Gasteiger partial charge in [-0.25, -0.2) is 9.59 Å². The molecule has 2 aromatic carbocycles. The van der Waals surface area contributed by atoms with Crippen LogP contribution in [0, 0.1) is 0 Å². The Balaban J connectivity index is 1.82. The van der Waals surface area contributed by atoms with Crippen molar-refractivity contribution in [3.63, 3.8) is 0 Å². The molecule has 1 aromatic heterocycles. The largest absolute Gasteiger partial charge is 0.439 e. The number of alkyl carbamates (subject to hydrolysis) is 1. The minimum Gasteiger partial charge on any atom is -0.439 e. The number of halogens is 1. The van der Waals surface area contributed by atoms with Crippen molar-refractivity contribution in [2.75, 3.05) is 6.61 Å². The van der Waals surface area contributed by atoms with Gasteiger partial charge in [0.1, 0.15) is 11.0 Å². The van der Waals surface area contributed by atoms with Crippen LogP contribution in [0.4, 0.5) is 4.79 Å².